The molecule has 0 aromatic carbocycles. The zero-order valence-corrected chi connectivity index (χ0v) is 9.07. The second kappa shape index (κ2) is 6.17. The van der Waals surface area contributed by atoms with Gasteiger partial charge in [0.25, 0.3) is 0 Å². The van der Waals surface area contributed by atoms with Crippen LogP contribution >= 0.6 is 0 Å². The van der Waals surface area contributed by atoms with Gasteiger partial charge in [-0.1, -0.05) is 26.2 Å². The van der Waals surface area contributed by atoms with E-state index in [1.54, 1.807) is 12.3 Å². The van der Waals surface area contributed by atoms with Crippen molar-refractivity contribution in [1.82, 2.24) is 4.98 Å². The Bertz CT molecular complexity index is 323. The number of aryl methyl sites for hydroxylation is 1. The van der Waals surface area contributed by atoms with Gasteiger partial charge in [0.1, 0.15) is 0 Å². The van der Waals surface area contributed by atoms with Crippen LogP contribution in [0.2, 0.25) is 0 Å². The molecular weight excluding hydrogens is 190 g/mol. The van der Waals surface area contributed by atoms with Crippen molar-refractivity contribution in [1.29, 1.82) is 0 Å². The van der Waals surface area contributed by atoms with Crippen LogP contribution in [0.5, 0.6) is 0 Å². The molecule has 1 N–H and O–H groups in total. The maximum Gasteiger partial charge on any atom is 0.337 e. The molecule has 1 rings (SSSR count). The monoisotopic (exact) mass is 207 g/mol. The first-order chi connectivity index (χ1) is 7.24. The lowest BCUT2D eigenvalue weighted by Crippen LogP contribution is -1.98. The minimum atomic E-state index is -0.905. The van der Waals surface area contributed by atoms with Gasteiger partial charge >= 0.3 is 5.97 Å². The summed E-state index contributed by atoms with van der Waals surface area (Å²) in [5, 5.41) is 8.78. The van der Waals surface area contributed by atoms with Crippen molar-refractivity contribution in [2.45, 2.75) is 39.0 Å². The molecule has 0 unspecified atom stereocenters. The van der Waals surface area contributed by atoms with E-state index < -0.39 is 5.97 Å². The van der Waals surface area contributed by atoms with E-state index in [2.05, 4.69) is 11.9 Å². The maximum absolute atomic E-state index is 10.7. The van der Waals surface area contributed by atoms with Crippen molar-refractivity contribution in [2.24, 2.45) is 0 Å². The average molecular weight is 207 g/mol. The van der Waals surface area contributed by atoms with Crippen molar-refractivity contribution < 1.29 is 9.90 Å². The summed E-state index contributed by atoms with van der Waals surface area (Å²) < 4.78 is 0. The van der Waals surface area contributed by atoms with Gasteiger partial charge < -0.3 is 5.11 Å². The number of rotatable bonds is 6. The van der Waals surface area contributed by atoms with Crippen LogP contribution in [-0.4, -0.2) is 16.1 Å². The van der Waals surface area contributed by atoms with Crippen molar-refractivity contribution in [3.8, 4) is 0 Å². The Hall–Kier alpha value is -1.38. The molecule has 0 aliphatic heterocycles. The maximum atomic E-state index is 10.7. The molecular formula is C12H17NO2. The first-order valence-electron chi connectivity index (χ1n) is 5.41. The molecule has 0 bridgehead atoms. The van der Waals surface area contributed by atoms with Crippen LogP contribution in [0.3, 0.4) is 0 Å². The van der Waals surface area contributed by atoms with E-state index in [1.165, 1.54) is 25.5 Å². The number of pyridine rings is 1. The SMILES string of the molecule is CCCCCCc1cncc(C(=O)O)c1. The number of aromatic nitrogens is 1. The van der Waals surface area contributed by atoms with Gasteiger partial charge in [-0.05, 0) is 24.5 Å². The quantitative estimate of drug-likeness (QED) is 0.730. The van der Waals surface area contributed by atoms with Crippen molar-refractivity contribution in [2.75, 3.05) is 0 Å². The fourth-order valence-electron chi connectivity index (χ4n) is 1.50. The summed E-state index contributed by atoms with van der Waals surface area (Å²) in [5.41, 5.74) is 1.30. The number of aromatic carboxylic acids is 1. The van der Waals surface area contributed by atoms with Crippen LogP contribution in [0, 0.1) is 0 Å². The van der Waals surface area contributed by atoms with Gasteiger partial charge in [0.05, 0.1) is 5.56 Å². The first-order valence-corrected chi connectivity index (χ1v) is 5.41. The van der Waals surface area contributed by atoms with E-state index in [1.807, 2.05) is 0 Å². The van der Waals surface area contributed by atoms with Gasteiger partial charge in [0.15, 0.2) is 0 Å². The average Bonchev–Trinajstić information content (AvgIpc) is 2.25. The molecule has 0 saturated carbocycles. The predicted molar refractivity (Wildman–Crippen MR) is 59.0 cm³/mol. The molecule has 1 aromatic heterocycles. The summed E-state index contributed by atoms with van der Waals surface area (Å²) in [6.45, 7) is 2.17. The fraction of sp³-hybridized carbons (Fsp3) is 0.500. The highest BCUT2D eigenvalue weighted by molar-refractivity contribution is 5.87. The molecule has 82 valence electrons. The lowest BCUT2D eigenvalue weighted by molar-refractivity contribution is 0.0696. The van der Waals surface area contributed by atoms with E-state index in [0.29, 0.717) is 0 Å². The molecule has 15 heavy (non-hydrogen) atoms. The number of unbranched alkanes of at least 4 members (excludes halogenated alkanes) is 3. The fourth-order valence-corrected chi connectivity index (χ4v) is 1.50. The number of carboxylic acids is 1. The van der Waals surface area contributed by atoms with Crippen LogP contribution in [0.4, 0.5) is 0 Å². The molecule has 0 saturated heterocycles. The number of hydrogen-bond acceptors (Lipinski definition) is 2. The van der Waals surface area contributed by atoms with Gasteiger partial charge in [-0.2, -0.15) is 0 Å². The third-order valence-corrected chi connectivity index (χ3v) is 2.36. The number of nitrogens with zero attached hydrogens (tertiary/aromatic N) is 1. The summed E-state index contributed by atoms with van der Waals surface area (Å²) >= 11 is 0. The number of carbonyl (C=O) groups is 1. The van der Waals surface area contributed by atoms with Crippen molar-refractivity contribution in [3.05, 3.63) is 29.6 Å². The Morgan fingerprint density at radius 3 is 2.80 bits per heavy atom. The molecule has 1 heterocycles. The Morgan fingerprint density at radius 2 is 2.13 bits per heavy atom. The van der Waals surface area contributed by atoms with E-state index in [0.717, 1.165) is 18.4 Å². The topological polar surface area (TPSA) is 50.2 Å². The predicted octanol–water partition coefficient (Wildman–Crippen LogP) is 2.90. The molecule has 0 aliphatic rings. The van der Waals surface area contributed by atoms with Crippen LogP contribution < -0.4 is 0 Å². The van der Waals surface area contributed by atoms with E-state index in [9.17, 15) is 4.79 Å². The summed E-state index contributed by atoms with van der Waals surface area (Å²) in [5.74, 6) is -0.905. The third-order valence-electron chi connectivity index (χ3n) is 2.36. The molecule has 0 amide bonds. The Balaban J connectivity index is 2.47. The van der Waals surface area contributed by atoms with Gasteiger partial charge in [-0.25, -0.2) is 4.79 Å². The normalized spacial score (nSPS) is 10.2. The number of hydrogen-bond donors (Lipinski definition) is 1. The Labute approximate surface area is 90.2 Å². The molecule has 0 fully saturated rings. The summed E-state index contributed by atoms with van der Waals surface area (Å²) in [6.07, 6.45) is 8.83. The van der Waals surface area contributed by atoms with E-state index in [4.69, 9.17) is 5.11 Å². The van der Waals surface area contributed by atoms with E-state index in [-0.39, 0.29) is 5.56 Å². The standard InChI is InChI=1S/C12H17NO2/c1-2-3-4-5-6-10-7-11(12(14)15)9-13-8-10/h7-9H,2-6H2,1H3,(H,14,15). The highest BCUT2D eigenvalue weighted by Gasteiger charge is 2.03. The summed E-state index contributed by atoms with van der Waals surface area (Å²) in [6, 6.07) is 1.71. The summed E-state index contributed by atoms with van der Waals surface area (Å²) in [4.78, 5) is 14.6. The van der Waals surface area contributed by atoms with Gasteiger partial charge in [-0.15, -0.1) is 0 Å². The van der Waals surface area contributed by atoms with Crippen LogP contribution in [-0.2, 0) is 6.42 Å². The molecule has 0 spiro atoms. The Morgan fingerprint density at radius 1 is 1.33 bits per heavy atom. The van der Waals surface area contributed by atoms with Crippen molar-refractivity contribution >= 4 is 5.97 Å². The second-order valence-electron chi connectivity index (χ2n) is 3.70. The van der Waals surface area contributed by atoms with E-state index >= 15 is 0 Å². The molecule has 1 aromatic rings. The van der Waals surface area contributed by atoms with Crippen LogP contribution in [0.25, 0.3) is 0 Å². The molecule has 3 nitrogen and oxygen atoms in total. The van der Waals surface area contributed by atoms with Gasteiger partial charge in [0, 0.05) is 12.4 Å². The van der Waals surface area contributed by atoms with Crippen LogP contribution in [0.15, 0.2) is 18.5 Å². The lowest BCUT2D eigenvalue weighted by atomic mass is 10.1. The zero-order chi connectivity index (χ0) is 11.1. The highest BCUT2D eigenvalue weighted by atomic mass is 16.4. The minimum absolute atomic E-state index is 0.281. The van der Waals surface area contributed by atoms with Crippen molar-refractivity contribution in [3.63, 3.8) is 0 Å². The lowest BCUT2D eigenvalue weighted by Gasteiger charge is -2.01. The molecule has 3 heteroatoms. The minimum Gasteiger partial charge on any atom is -0.478 e. The highest BCUT2D eigenvalue weighted by Crippen LogP contribution is 2.08. The van der Waals surface area contributed by atoms with Gasteiger partial charge in [0.2, 0.25) is 0 Å². The molecule has 0 atom stereocenters. The third kappa shape index (κ3) is 4.11. The largest absolute Gasteiger partial charge is 0.478 e. The first kappa shape index (κ1) is 11.7. The summed E-state index contributed by atoms with van der Waals surface area (Å²) in [7, 11) is 0. The smallest absolute Gasteiger partial charge is 0.337 e. The van der Waals surface area contributed by atoms with Gasteiger partial charge in [-0.3, -0.25) is 4.98 Å². The van der Waals surface area contributed by atoms with Crippen LogP contribution in [0.1, 0.15) is 48.5 Å². The zero-order valence-electron chi connectivity index (χ0n) is 9.07. The molecule has 0 radical (unpaired) electrons. The molecule has 0 aliphatic carbocycles. The number of carboxylic acid groups (broad SMARTS) is 1. The second-order valence-corrected chi connectivity index (χ2v) is 3.70. The Kier molecular flexibility index (Phi) is 4.81.